The molecule has 7 heteroatoms. The van der Waals surface area contributed by atoms with Crippen molar-refractivity contribution in [2.45, 2.75) is 18.6 Å². The van der Waals surface area contributed by atoms with Gasteiger partial charge in [0.05, 0.1) is 13.7 Å². The Morgan fingerprint density at radius 3 is 2.77 bits per heavy atom. The van der Waals surface area contributed by atoms with Gasteiger partial charge in [-0.05, 0) is 29.7 Å². The summed E-state index contributed by atoms with van der Waals surface area (Å²) in [6, 6.07) is 9.08. The van der Waals surface area contributed by atoms with Crippen molar-refractivity contribution in [1.29, 1.82) is 0 Å². The van der Waals surface area contributed by atoms with Crippen LogP contribution in [0.2, 0.25) is 0 Å². The Kier molecular flexibility index (Phi) is 5.68. The number of likely N-dealkylation sites (tertiary alicyclic amines) is 1. The zero-order valence-corrected chi connectivity index (χ0v) is 14.9. The molecule has 1 saturated heterocycles. The SMILES string of the molecule is COC(=O)[C@H]1C[C@H](Oc2ccccc2F)CN1C(=O)/C=C/c1cccs1. The summed E-state index contributed by atoms with van der Waals surface area (Å²) in [6.45, 7) is 0.182. The Labute approximate surface area is 154 Å². The number of carbonyl (C=O) groups is 2. The quantitative estimate of drug-likeness (QED) is 0.595. The molecule has 2 atom stereocenters. The zero-order chi connectivity index (χ0) is 18.5. The molecule has 0 radical (unpaired) electrons. The van der Waals surface area contributed by atoms with Gasteiger partial charge in [-0.2, -0.15) is 0 Å². The van der Waals surface area contributed by atoms with Crippen molar-refractivity contribution in [2.24, 2.45) is 0 Å². The topological polar surface area (TPSA) is 55.8 Å². The molecule has 136 valence electrons. The predicted molar refractivity (Wildman–Crippen MR) is 96.3 cm³/mol. The lowest BCUT2D eigenvalue weighted by atomic mass is 10.2. The Morgan fingerprint density at radius 1 is 1.27 bits per heavy atom. The van der Waals surface area contributed by atoms with Crippen molar-refractivity contribution >= 4 is 29.3 Å². The molecule has 2 heterocycles. The van der Waals surface area contributed by atoms with Crippen LogP contribution in [0.25, 0.3) is 6.08 Å². The van der Waals surface area contributed by atoms with Gasteiger partial charge in [0.25, 0.3) is 0 Å². The third kappa shape index (κ3) is 4.11. The second-order valence-electron chi connectivity index (χ2n) is 5.78. The van der Waals surface area contributed by atoms with Crippen molar-refractivity contribution < 1.29 is 23.5 Å². The first kappa shape index (κ1) is 18.1. The molecule has 1 aliphatic heterocycles. The van der Waals surface area contributed by atoms with E-state index in [1.54, 1.807) is 18.2 Å². The molecule has 0 aliphatic carbocycles. The first-order valence-electron chi connectivity index (χ1n) is 8.09. The largest absolute Gasteiger partial charge is 0.485 e. The predicted octanol–water partition coefficient (Wildman–Crippen LogP) is 3.12. The summed E-state index contributed by atoms with van der Waals surface area (Å²) in [5.74, 6) is -1.20. The van der Waals surface area contributed by atoms with Crippen LogP contribution in [0, 0.1) is 5.82 Å². The number of hydrogen-bond acceptors (Lipinski definition) is 5. The van der Waals surface area contributed by atoms with Crippen molar-refractivity contribution in [2.75, 3.05) is 13.7 Å². The van der Waals surface area contributed by atoms with E-state index in [4.69, 9.17) is 9.47 Å². The second-order valence-corrected chi connectivity index (χ2v) is 6.76. The highest BCUT2D eigenvalue weighted by Crippen LogP contribution is 2.26. The first-order chi connectivity index (χ1) is 12.6. The second kappa shape index (κ2) is 8.14. The highest BCUT2D eigenvalue weighted by Gasteiger charge is 2.41. The van der Waals surface area contributed by atoms with E-state index >= 15 is 0 Å². The number of para-hydroxylation sites is 1. The number of methoxy groups -OCH3 is 1. The number of carbonyl (C=O) groups excluding carboxylic acids is 2. The first-order valence-corrected chi connectivity index (χ1v) is 8.97. The summed E-state index contributed by atoms with van der Waals surface area (Å²) >= 11 is 1.51. The average molecular weight is 375 g/mol. The minimum Gasteiger partial charge on any atom is -0.485 e. The van der Waals surface area contributed by atoms with Crippen LogP contribution in [0.4, 0.5) is 4.39 Å². The van der Waals surface area contributed by atoms with Crippen LogP contribution < -0.4 is 4.74 Å². The average Bonchev–Trinajstić information content (AvgIpc) is 3.31. The molecule has 3 rings (SSSR count). The highest BCUT2D eigenvalue weighted by molar-refractivity contribution is 7.10. The van der Waals surface area contributed by atoms with Crippen molar-refractivity contribution in [1.82, 2.24) is 4.90 Å². The summed E-state index contributed by atoms with van der Waals surface area (Å²) in [4.78, 5) is 26.9. The van der Waals surface area contributed by atoms with Gasteiger partial charge in [0.2, 0.25) is 5.91 Å². The van der Waals surface area contributed by atoms with E-state index in [-0.39, 0.29) is 24.6 Å². The summed E-state index contributed by atoms with van der Waals surface area (Å²) < 4.78 is 24.3. The lowest BCUT2D eigenvalue weighted by Gasteiger charge is -2.20. The lowest BCUT2D eigenvalue weighted by Crippen LogP contribution is -2.40. The number of esters is 1. The number of amides is 1. The van der Waals surface area contributed by atoms with Crippen molar-refractivity contribution in [3.05, 3.63) is 58.5 Å². The summed E-state index contributed by atoms with van der Waals surface area (Å²) in [7, 11) is 1.28. The van der Waals surface area contributed by atoms with E-state index in [1.165, 1.54) is 41.6 Å². The fraction of sp³-hybridized carbons (Fsp3) is 0.263. The van der Waals surface area contributed by atoms with E-state index in [1.807, 2.05) is 17.5 Å². The molecule has 0 saturated carbocycles. The third-order valence-electron chi connectivity index (χ3n) is 4.08. The molecule has 1 aromatic carbocycles. The maximum atomic E-state index is 13.8. The van der Waals surface area contributed by atoms with Crippen LogP contribution in [-0.2, 0) is 14.3 Å². The van der Waals surface area contributed by atoms with E-state index in [9.17, 15) is 14.0 Å². The smallest absolute Gasteiger partial charge is 0.328 e. The minimum atomic E-state index is -0.753. The van der Waals surface area contributed by atoms with E-state index in [0.29, 0.717) is 0 Å². The summed E-state index contributed by atoms with van der Waals surface area (Å²) in [6.07, 6.45) is 2.88. The molecule has 2 aromatic rings. The number of thiophene rings is 1. The molecule has 5 nitrogen and oxygen atoms in total. The number of ether oxygens (including phenoxy) is 2. The van der Waals surface area contributed by atoms with Crippen LogP contribution in [0.5, 0.6) is 5.75 Å². The molecule has 0 bridgehead atoms. The van der Waals surface area contributed by atoms with Crippen LogP contribution in [0.15, 0.2) is 47.9 Å². The number of benzene rings is 1. The van der Waals surface area contributed by atoms with Gasteiger partial charge in [0.1, 0.15) is 12.1 Å². The Hall–Kier alpha value is -2.67. The van der Waals surface area contributed by atoms with Crippen molar-refractivity contribution in [3.63, 3.8) is 0 Å². The Bertz CT molecular complexity index is 806. The number of halogens is 1. The molecule has 1 amide bonds. The van der Waals surface area contributed by atoms with Gasteiger partial charge in [0.15, 0.2) is 11.6 Å². The van der Waals surface area contributed by atoms with Crippen LogP contribution in [0.1, 0.15) is 11.3 Å². The fourth-order valence-corrected chi connectivity index (χ4v) is 3.46. The number of rotatable bonds is 5. The number of hydrogen-bond donors (Lipinski definition) is 0. The standard InChI is InChI=1S/C19H18FNO4S/c1-24-19(23)16-11-13(25-17-7-3-2-6-15(17)20)12-21(16)18(22)9-8-14-5-4-10-26-14/h2-10,13,16H,11-12H2,1H3/b9-8+/t13-,16+/m0/s1. The maximum Gasteiger partial charge on any atom is 0.328 e. The molecule has 0 spiro atoms. The van der Waals surface area contributed by atoms with Crippen LogP contribution >= 0.6 is 11.3 Å². The van der Waals surface area contributed by atoms with Gasteiger partial charge in [-0.15, -0.1) is 11.3 Å². The molecule has 0 N–H and O–H groups in total. The molecule has 1 aromatic heterocycles. The molecule has 1 aliphatic rings. The van der Waals surface area contributed by atoms with Gasteiger partial charge < -0.3 is 14.4 Å². The van der Waals surface area contributed by atoms with Gasteiger partial charge >= 0.3 is 5.97 Å². The van der Waals surface area contributed by atoms with E-state index < -0.39 is 23.9 Å². The molecule has 26 heavy (non-hydrogen) atoms. The monoisotopic (exact) mass is 375 g/mol. The van der Waals surface area contributed by atoms with Gasteiger partial charge in [-0.1, -0.05) is 18.2 Å². The lowest BCUT2D eigenvalue weighted by molar-refractivity contribution is -0.149. The molecule has 1 fully saturated rings. The fourth-order valence-electron chi connectivity index (χ4n) is 2.84. The maximum absolute atomic E-state index is 13.8. The highest BCUT2D eigenvalue weighted by atomic mass is 32.1. The van der Waals surface area contributed by atoms with E-state index in [0.717, 1.165) is 4.88 Å². The van der Waals surface area contributed by atoms with Gasteiger partial charge in [0, 0.05) is 17.4 Å². The van der Waals surface area contributed by atoms with Crippen LogP contribution in [0.3, 0.4) is 0 Å². The summed E-state index contributed by atoms with van der Waals surface area (Å²) in [5.41, 5.74) is 0. The van der Waals surface area contributed by atoms with Crippen LogP contribution in [-0.4, -0.2) is 42.6 Å². The van der Waals surface area contributed by atoms with Gasteiger partial charge in [-0.25, -0.2) is 9.18 Å². The Balaban J connectivity index is 1.73. The Morgan fingerprint density at radius 2 is 2.08 bits per heavy atom. The normalized spacial score (nSPS) is 19.7. The minimum absolute atomic E-state index is 0.101. The van der Waals surface area contributed by atoms with E-state index in [2.05, 4.69) is 0 Å². The molecular formula is C19H18FNO4S. The zero-order valence-electron chi connectivity index (χ0n) is 14.1. The third-order valence-corrected chi connectivity index (χ3v) is 4.92. The number of nitrogens with zero attached hydrogens (tertiary/aromatic N) is 1. The van der Waals surface area contributed by atoms with Crippen molar-refractivity contribution in [3.8, 4) is 5.75 Å². The molecule has 0 unspecified atom stereocenters. The summed E-state index contributed by atoms with van der Waals surface area (Å²) in [5, 5.41) is 1.91. The van der Waals surface area contributed by atoms with Gasteiger partial charge in [-0.3, -0.25) is 4.79 Å². The molecular weight excluding hydrogens is 357 g/mol.